The van der Waals surface area contributed by atoms with E-state index in [-0.39, 0.29) is 4.84 Å². The number of nitrogens with one attached hydrogen (secondary N) is 1. The van der Waals surface area contributed by atoms with Crippen LogP contribution in [0, 0.1) is 4.84 Å². The van der Waals surface area contributed by atoms with E-state index in [0.29, 0.717) is 12.5 Å². The Bertz CT molecular complexity index is 603. The van der Waals surface area contributed by atoms with Gasteiger partial charge in [-0.3, -0.25) is 0 Å². The molecule has 1 heterocycles. The third-order valence-electron chi connectivity index (χ3n) is 3.16. The first-order valence-corrected chi connectivity index (χ1v) is 6.51. The molecule has 0 saturated carbocycles. The van der Waals surface area contributed by atoms with Gasteiger partial charge in [-0.1, -0.05) is 6.07 Å². The highest BCUT2D eigenvalue weighted by Crippen LogP contribution is 2.25. The zero-order valence-corrected chi connectivity index (χ0v) is 10.8. The Morgan fingerprint density at radius 1 is 1.28 bits per heavy atom. The van der Waals surface area contributed by atoms with Crippen molar-refractivity contribution < 1.29 is 9.15 Å². The summed E-state index contributed by atoms with van der Waals surface area (Å²) in [6.07, 6.45) is 4.89. The molecule has 0 fully saturated rings. The van der Waals surface area contributed by atoms with Crippen molar-refractivity contribution in [3.63, 3.8) is 0 Å². The van der Waals surface area contributed by atoms with Crippen molar-refractivity contribution in [1.82, 2.24) is 10.2 Å². The van der Waals surface area contributed by atoms with Gasteiger partial charge in [0, 0.05) is 0 Å². The van der Waals surface area contributed by atoms with Gasteiger partial charge in [-0.2, -0.15) is 0 Å². The molecule has 0 radical (unpaired) electrons. The molecular weight excluding hydrogens is 248 g/mol. The van der Waals surface area contributed by atoms with Crippen LogP contribution < -0.4 is 4.74 Å². The largest absolute Gasteiger partial charge is 0.484 e. The van der Waals surface area contributed by atoms with E-state index in [2.05, 4.69) is 22.3 Å². The van der Waals surface area contributed by atoms with Crippen LogP contribution in [-0.2, 0) is 19.4 Å². The summed E-state index contributed by atoms with van der Waals surface area (Å²) in [6, 6.07) is 6.28. The van der Waals surface area contributed by atoms with Crippen LogP contribution in [-0.4, -0.2) is 10.2 Å². The Kier molecular flexibility index (Phi) is 3.15. The standard InChI is InChI=1S/C13H14N2O2S/c18-13-15-14-12(17-13)8-16-11-6-5-9-3-1-2-4-10(9)7-11/h5-7H,1-4,8H2,(H,15,18). The molecule has 0 saturated heterocycles. The Balaban J connectivity index is 1.71. The molecule has 0 aliphatic heterocycles. The third kappa shape index (κ3) is 2.46. The zero-order chi connectivity index (χ0) is 12.4. The van der Waals surface area contributed by atoms with Crippen molar-refractivity contribution in [2.45, 2.75) is 32.3 Å². The first kappa shape index (κ1) is 11.5. The number of rotatable bonds is 3. The van der Waals surface area contributed by atoms with Gasteiger partial charge in [0.05, 0.1) is 0 Å². The van der Waals surface area contributed by atoms with Crippen LogP contribution in [0.15, 0.2) is 22.6 Å². The van der Waals surface area contributed by atoms with Gasteiger partial charge in [0.1, 0.15) is 5.75 Å². The monoisotopic (exact) mass is 262 g/mol. The molecule has 0 spiro atoms. The Hall–Kier alpha value is -1.62. The lowest BCUT2D eigenvalue weighted by Gasteiger charge is -2.16. The molecule has 4 nitrogen and oxygen atoms in total. The molecule has 18 heavy (non-hydrogen) atoms. The molecule has 1 aliphatic carbocycles. The number of hydrogen-bond acceptors (Lipinski definition) is 4. The zero-order valence-electron chi connectivity index (χ0n) is 9.94. The van der Waals surface area contributed by atoms with Crippen molar-refractivity contribution in [2.24, 2.45) is 0 Å². The predicted octanol–water partition coefficient (Wildman–Crippen LogP) is 3.19. The lowest BCUT2D eigenvalue weighted by Crippen LogP contribution is -2.03. The summed E-state index contributed by atoms with van der Waals surface area (Å²) in [6.45, 7) is 0.298. The summed E-state index contributed by atoms with van der Waals surface area (Å²) in [5.74, 6) is 1.33. The maximum atomic E-state index is 5.65. The van der Waals surface area contributed by atoms with E-state index in [4.69, 9.17) is 21.4 Å². The summed E-state index contributed by atoms with van der Waals surface area (Å²) < 4.78 is 10.8. The number of aryl methyl sites for hydroxylation is 2. The third-order valence-corrected chi connectivity index (χ3v) is 3.34. The van der Waals surface area contributed by atoms with Crippen LogP contribution in [0.3, 0.4) is 0 Å². The molecular formula is C13H14N2O2S. The SMILES string of the molecule is S=c1[nH]nc(COc2ccc3c(c2)CCCC3)o1. The van der Waals surface area contributed by atoms with Crippen molar-refractivity contribution >= 4 is 12.2 Å². The second kappa shape index (κ2) is 4.94. The molecule has 0 unspecified atom stereocenters. The lowest BCUT2D eigenvalue weighted by atomic mass is 9.92. The van der Waals surface area contributed by atoms with Gasteiger partial charge in [0.15, 0.2) is 6.61 Å². The molecule has 0 amide bonds. The fraction of sp³-hybridized carbons (Fsp3) is 0.385. The Morgan fingerprint density at radius 2 is 2.11 bits per heavy atom. The Labute approximate surface area is 110 Å². The second-order valence-electron chi connectivity index (χ2n) is 4.43. The van der Waals surface area contributed by atoms with Crippen LogP contribution >= 0.6 is 12.2 Å². The van der Waals surface area contributed by atoms with Gasteiger partial charge in [-0.15, -0.1) is 5.10 Å². The highest BCUT2D eigenvalue weighted by molar-refractivity contribution is 7.71. The average molecular weight is 262 g/mol. The van der Waals surface area contributed by atoms with E-state index in [1.165, 1.54) is 30.4 Å². The first-order valence-electron chi connectivity index (χ1n) is 6.10. The van der Waals surface area contributed by atoms with Crippen LogP contribution in [0.25, 0.3) is 0 Å². The fourth-order valence-corrected chi connectivity index (χ4v) is 2.41. The molecule has 1 N–H and O–H groups in total. The van der Waals surface area contributed by atoms with Gasteiger partial charge < -0.3 is 9.15 Å². The van der Waals surface area contributed by atoms with E-state index < -0.39 is 0 Å². The predicted molar refractivity (Wildman–Crippen MR) is 69.1 cm³/mol. The van der Waals surface area contributed by atoms with E-state index >= 15 is 0 Å². The summed E-state index contributed by atoms with van der Waals surface area (Å²) in [4.78, 5) is 0.277. The van der Waals surface area contributed by atoms with Gasteiger partial charge in [0.25, 0.3) is 10.7 Å². The van der Waals surface area contributed by atoms with Crippen LogP contribution in [0.5, 0.6) is 5.75 Å². The maximum Gasteiger partial charge on any atom is 0.284 e. The van der Waals surface area contributed by atoms with Crippen LogP contribution in [0.4, 0.5) is 0 Å². The highest BCUT2D eigenvalue weighted by atomic mass is 32.1. The number of ether oxygens (including phenoxy) is 1. The minimum atomic E-state index is 0.277. The number of benzene rings is 1. The normalized spacial score (nSPS) is 14.2. The van der Waals surface area contributed by atoms with Gasteiger partial charge in [0.2, 0.25) is 0 Å². The molecule has 5 heteroatoms. The minimum Gasteiger partial charge on any atom is -0.484 e. The van der Waals surface area contributed by atoms with Crippen molar-refractivity contribution in [2.75, 3.05) is 0 Å². The van der Waals surface area contributed by atoms with E-state index in [1.54, 1.807) is 0 Å². The molecule has 0 bridgehead atoms. The smallest absolute Gasteiger partial charge is 0.284 e. The van der Waals surface area contributed by atoms with E-state index in [0.717, 1.165) is 12.2 Å². The molecule has 2 aromatic rings. The summed E-state index contributed by atoms with van der Waals surface area (Å²) >= 11 is 4.80. The molecule has 94 valence electrons. The number of hydrogen-bond donors (Lipinski definition) is 1. The summed E-state index contributed by atoms with van der Waals surface area (Å²) in [7, 11) is 0. The molecule has 3 rings (SSSR count). The number of fused-ring (bicyclic) bond motifs is 1. The number of aromatic amines is 1. The van der Waals surface area contributed by atoms with Crippen molar-refractivity contribution in [1.29, 1.82) is 0 Å². The van der Waals surface area contributed by atoms with Crippen LogP contribution in [0.2, 0.25) is 0 Å². The van der Waals surface area contributed by atoms with Gasteiger partial charge in [-0.25, -0.2) is 5.10 Å². The molecule has 0 atom stereocenters. The first-order chi connectivity index (χ1) is 8.81. The van der Waals surface area contributed by atoms with Crippen molar-refractivity contribution in [3.05, 3.63) is 40.1 Å². The molecule has 1 aromatic carbocycles. The number of aromatic nitrogens is 2. The quantitative estimate of drug-likeness (QED) is 0.863. The molecule has 1 aliphatic rings. The average Bonchev–Trinajstić information content (AvgIpc) is 2.82. The van der Waals surface area contributed by atoms with Gasteiger partial charge >= 0.3 is 0 Å². The summed E-state index contributed by atoms with van der Waals surface area (Å²) in [5.41, 5.74) is 2.85. The minimum absolute atomic E-state index is 0.277. The van der Waals surface area contributed by atoms with Crippen LogP contribution in [0.1, 0.15) is 29.9 Å². The number of H-pyrrole nitrogens is 1. The topological polar surface area (TPSA) is 51.0 Å². The molecule has 1 aromatic heterocycles. The maximum absolute atomic E-state index is 5.65. The van der Waals surface area contributed by atoms with Gasteiger partial charge in [-0.05, 0) is 61.2 Å². The van der Waals surface area contributed by atoms with E-state index in [1.807, 2.05) is 6.07 Å². The summed E-state index contributed by atoms with van der Waals surface area (Å²) in [5, 5.41) is 6.47. The second-order valence-corrected chi connectivity index (χ2v) is 4.80. The number of nitrogens with zero attached hydrogens (tertiary/aromatic N) is 1. The Morgan fingerprint density at radius 3 is 2.89 bits per heavy atom. The highest BCUT2D eigenvalue weighted by Gasteiger charge is 2.10. The lowest BCUT2D eigenvalue weighted by molar-refractivity contribution is 0.261. The van der Waals surface area contributed by atoms with Crippen molar-refractivity contribution in [3.8, 4) is 5.75 Å². The van der Waals surface area contributed by atoms with E-state index in [9.17, 15) is 0 Å². The fourth-order valence-electron chi connectivity index (χ4n) is 2.27.